The van der Waals surface area contributed by atoms with E-state index in [0.29, 0.717) is 10.9 Å². The summed E-state index contributed by atoms with van der Waals surface area (Å²) in [7, 11) is -3.40. The van der Waals surface area contributed by atoms with Gasteiger partial charge in [-0.1, -0.05) is 37.0 Å². The molecule has 0 spiro atoms. The lowest BCUT2D eigenvalue weighted by molar-refractivity contribution is 0.0178. The first kappa shape index (κ1) is 15.0. The van der Waals surface area contributed by atoms with E-state index in [1.807, 2.05) is 19.1 Å². The quantitative estimate of drug-likeness (QED) is 0.930. The highest BCUT2D eigenvalue weighted by atomic mass is 32.2. The van der Waals surface area contributed by atoms with Gasteiger partial charge < -0.3 is 0 Å². The van der Waals surface area contributed by atoms with Crippen molar-refractivity contribution in [2.24, 2.45) is 0 Å². The molecule has 1 unspecified atom stereocenters. The Hall–Kier alpha value is -0.910. The number of nitrogens with zero attached hydrogens (tertiary/aromatic N) is 1. The summed E-state index contributed by atoms with van der Waals surface area (Å²) in [5.41, 5.74) is 1.07. The number of nitrogens with one attached hydrogen (secondary N) is 1. The molecule has 5 heteroatoms. The predicted octanol–water partition coefficient (Wildman–Crippen LogP) is 2.64. The molecule has 4 nitrogen and oxygen atoms in total. The highest BCUT2D eigenvalue weighted by Crippen LogP contribution is 2.29. The van der Waals surface area contributed by atoms with Gasteiger partial charge in [0, 0.05) is 12.6 Å². The highest BCUT2D eigenvalue weighted by Gasteiger charge is 2.36. The molecule has 0 radical (unpaired) electrons. The van der Waals surface area contributed by atoms with Crippen molar-refractivity contribution in [3.05, 3.63) is 29.8 Å². The molecule has 1 saturated carbocycles. The Labute approximate surface area is 127 Å². The van der Waals surface area contributed by atoms with Crippen molar-refractivity contribution in [1.29, 1.82) is 0 Å². The van der Waals surface area contributed by atoms with E-state index in [-0.39, 0.29) is 6.17 Å². The van der Waals surface area contributed by atoms with Crippen molar-refractivity contribution in [1.82, 2.24) is 9.62 Å². The maximum atomic E-state index is 12.4. The Morgan fingerprint density at radius 3 is 2.29 bits per heavy atom. The third-order valence-electron chi connectivity index (χ3n) is 4.73. The molecular weight excluding hydrogens is 284 g/mol. The molecule has 21 heavy (non-hydrogen) atoms. The number of aryl methyl sites for hydroxylation is 1. The number of hydrogen-bond donors (Lipinski definition) is 1. The molecule has 1 aliphatic carbocycles. The van der Waals surface area contributed by atoms with E-state index >= 15 is 0 Å². The Morgan fingerprint density at radius 1 is 1.05 bits per heavy atom. The van der Waals surface area contributed by atoms with Gasteiger partial charge in [-0.2, -0.15) is 4.72 Å². The maximum absolute atomic E-state index is 12.4. The van der Waals surface area contributed by atoms with Gasteiger partial charge >= 0.3 is 0 Å². The molecule has 0 bridgehead atoms. The van der Waals surface area contributed by atoms with Crippen molar-refractivity contribution in [2.75, 3.05) is 6.54 Å². The van der Waals surface area contributed by atoms with E-state index < -0.39 is 10.0 Å². The molecule has 116 valence electrons. The van der Waals surface area contributed by atoms with Crippen molar-refractivity contribution in [2.45, 2.75) is 62.6 Å². The van der Waals surface area contributed by atoms with Crippen LogP contribution in [0.25, 0.3) is 0 Å². The lowest BCUT2D eigenvalue weighted by atomic mass is 9.91. The van der Waals surface area contributed by atoms with Crippen LogP contribution in [0.2, 0.25) is 0 Å². The molecule has 1 aliphatic heterocycles. The fourth-order valence-corrected chi connectivity index (χ4v) is 4.59. The molecule has 2 aliphatic rings. The third-order valence-corrected chi connectivity index (χ3v) is 6.20. The molecule has 0 aromatic heterocycles. The van der Waals surface area contributed by atoms with E-state index in [0.717, 1.165) is 18.5 Å². The second-order valence-corrected chi connectivity index (χ2v) is 7.98. The van der Waals surface area contributed by atoms with Gasteiger partial charge in [-0.25, -0.2) is 8.42 Å². The van der Waals surface area contributed by atoms with Crippen LogP contribution < -0.4 is 4.72 Å². The number of benzene rings is 1. The van der Waals surface area contributed by atoms with Gasteiger partial charge in [0.1, 0.15) is 0 Å². The zero-order chi connectivity index (χ0) is 14.9. The fraction of sp³-hybridized carbons (Fsp3) is 0.625. The van der Waals surface area contributed by atoms with Gasteiger partial charge in [0.05, 0.1) is 11.1 Å². The van der Waals surface area contributed by atoms with Crippen LogP contribution in [0.5, 0.6) is 0 Å². The van der Waals surface area contributed by atoms with E-state index in [1.54, 1.807) is 12.1 Å². The number of rotatable bonds is 4. The van der Waals surface area contributed by atoms with Crippen LogP contribution in [-0.4, -0.2) is 32.1 Å². The summed E-state index contributed by atoms with van der Waals surface area (Å²) in [4.78, 5) is 2.70. The second kappa shape index (κ2) is 6.07. The minimum atomic E-state index is -3.40. The molecule has 1 N–H and O–H groups in total. The van der Waals surface area contributed by atoms with Crippen LogP contribution in [0.3, 0.4) is 0 Å². The highest BCUT2D eigenvalue weighted by molar-refractivity contribution is 7.89. The van der Waals surface area contributed by atoms with Crippen molar-refractivity contribution in [3.63, 3.8) is 0 Å². The van der Waals surface area contributed by atoms with Crippen LogP contribution in [-0.2, 0) is 10.0 Å². The van der Waals surface area contributed by atoms with E-state index in [4.69, 9.17) is 0 Å². The van der Waals surface area contributed by atoms with Gasteiger partial charge in [-0.3, -0.25) is 4.90 Å². The third kappa shape index (κ3) is 3.30. The molecule has 1 atom stereocenters. The van der Waals surface area contributed by atoms with Crippen molar-refractivity contribution >= 4 is 10.0 Å². The van der Waals surface area contributed by atoms with E-state index in [2.05, 4.69) is 9.62 Å². The standard InChI is InChI=1S/C16H24N2O2S/c1-13-7-9-15(10-8-13)21(19,20)17-16-11-12-18(16)14-5-3-2-4-6-14/h7-10,14,16-17H,2-6,11-12H2,1H3. The van der Waals surface area contributed by atoms with Crippen LogP contribution in [0.15, 0.2) is 29.2 Å². The Bertz CT molecular complexity index is 577. The maximum Gasteiger partial charge on any atom is 0.241 e. The van der Waals surface area contributed by atoms with E-state index in [9.17, 15) is 8.42 Å². The summed E-state index contributed by atoms with van der Waals surface area (Å²) in [6.45, 7) is 2.98. The Balaban J connectivity index is 1.66. The molecule has 2 fully saturated rings. The van der Waals surface area contributed by atoms with Crippen molar-refractivity contribution in [3.8, 4) is 0 Å². The smallest absolute Gasteiger partial charge is 0.241 e. The van der Waals surface area contributed by atoms with E-state index in [1.165, 1.54) is 32.1 Å². The molecule has 0 amide bonds. The fourth-order valence-electron chi connectivity index (χ4n) is 3.35. The topological polar surface area (TPSA) is 49.4 Å². The summed E-state index contributed by atoms with van der Waals surface area (Å²) in [5.74, 6) is 0. The number of likely N-dealkylation sites (tertiary alicyclic amines) is 1. The first-order valence-corrected chi connectivity index (χ1v) is 9.39. The molecular formula is C16H24N2O2S. The Morgan fingerprint density at radius 2 is 1.71 bits per heavy atom. The number of sulfonamides is 1. The monoisotopic (exact) mass is 308 g/mol. The SMILES string of the molecule is Cc1ccc(S(=O)(=O)NC2CCN2C2CCCCC2)cc1. The minimum absolute atomic E-state index is 0.0144. The van der Waals surface area contributed by atoms with Gasteiger partial charge in [0.25, 0.3) is 0 Å². The van der Waals surface area contributed by atoms with Crippen LogP contribution >= 0.6 is 0 Å². The van der Waals surface area contributed by atoms with Crippen LogP contribution in [0.1, 0.15) is 44.1 Å². The van der Waals surface area contributed by atoms with Gasteiger partial charge in [0.15, 0.2) is 0 Å². The summed E-state index contributed by atoms with van der Waals surface area (Å²) in [6.07, 6.45) is 7.20. The first-order valence-electron chi connectivity index (χ1n) is 7.91. The lowest BCUT2D eigenvalue weighted by Gasteiger charge is -2.47. The predicted molar refractivity (Wildman–Crippen MR) is 83.5 cm³/mol. The molecule has 3 rings (SSSR count). The zero-order valence-electron chi connectivity index (χ0n) is 12.6. The molecule has 1 aromatic rings. The Kier molecular flexibility index (Phi) is 4.33. The number of hydrogen-bond acceptors (Lipinski definition) is 3. The molecule has 1 aromatic carbocycles. The van der Waals surface area contributed by atoms with Gasteiger partial charge in [-0.15, -0.1) is 0 Å². The summed E-state index contributed by atoms with van der Waals surface area (Å²) in [6, 6.07) is 7.61. The van der Waals surface area contributed by atoms with Crippen LogP contribution in [0.4, 0.5) is 0 Å². The zero-order valence-corrected chi connectivity index (χ0v) is 13.4. The average molecular weight is 308 g/mol. The van der Waals surface area contributed by atoms with Gasteiger partial charge in [0.2, 0.25) is 10.0 Å². The molecule has 1 heterocycles. The molecule has 1 saturated heterocycles. The lowest BCUT2D eigenvalue weighted by Crippen LogP contribution is -2.61. The largest absolute Gasteiger partial charge is 0.284 e. The van der Waals surface area contributed by atoms with Gasteiger partial charge in [-0.05, 0) is 38.3 Å². The average Bonchev–Trinajstić information content (AvgIpc) is 2.45. The van der Waals surface area contributed by atoms with Crippen LogP contribution in [0, 0.1) is 6.92 Å². The summed E-state index contributed by atoms with van der Waals surface area (Å²) >= 11 is 0. The first-order chi connectivity index (χ1) is 10.1. The minimum Gasteiger partial charge on any atom is -0.284 e. The normalized spacial score (nSPS) is 24.7. The summed E-state index contributed by atoms with van der Waals surface area (Å²) < 4.78 is 27.7. The second-order valence-electron chi connectivity index (χ2n) is 6.27. The summed E-state index contributed by atoms with van der Waals surface area (Å²) in [5, 5.41) is 0. The van der Waals surface area contributed by atoms with Crippen molar-refractivity contribution < 1.29 is 8.42 Å².